The molecule has 10 heteroatoms. The van der Waals surface area contributed by atoms with Crippen LogP contribution < -0.4 is 10.1 Å². The number of nitrogens with zero attached hydrogens (tertiary/aromatic N) is 4. The first-order chi connectivity index (χ1) is 13.0. The Balaban J connectivity index is 1.60. The first kappa shape index (κ1) is 18.8. The lowest BCUT2D eigenvalue weighted by molar-refractivity contribution is -0.122. The lowest BCUT2D eigenvalue weighted by Gasteiger charge is -2.15. The standard InChI is InChI=1S/C17H15F2N5O2S/c1-11(16(25)21-12-5-7-15(8-6-12)27-17(18)19)26-14-4-2-3-13(9-14)24-10-20-22-23-24/h2-11,17H,1H3,(H,21,25)/t11-/m1/s1. The maximum absolute atomic E-state index is 12.3. The predicted molar refractivity (Wildman–Crippen MR) is 96.2 cm³/mol. The van der Waals surface area contributed by atoms with Gasteiger partial charge in [0.05, 0.1) is 5.69 Å². The van der Waals surface area contributed by atoms with E-state index in [-0.39, 0.29) is 5.91 Å². The molecular weight excluding hydrogens is 376 g/mol. The molecule has 0 aliphatic carbocycles. The number of alkyl halides is 2. The van der Waals surface area contributed by atoms with E-state index in [2.05, 4.69) is 20.8 Å². The fraction of sp³-hybridized carbons (Fsp3) is 0.176. The van der Waals surface area contributed by atoms with Crippen LogP contribution in [0.5, 0.6) is 5.75 Å². The molecule has 0 aliphatic rings. The van der Waals surface area contributed by atoms with Crippen LogP contribution in [0.25, 0.3) is 5.69 Å². The molecule has 1 atom stereocenters. The summed E-state index contributed by atoms with van der Waals surface area (Å²) in [6.45, 7) is 1.61. The SMILES string of the molecule is C[C@@H](Oc1cccc(-n2cnnn2)c1)C(=O)Nc1ccc(SC(F)F)cc1. The van der Waals surface area contributed by atoms with Crippen molar-refractivity contribution in [3.05, 3.63) is 54.9 Å². The van der Waals surface area contributed by atoms with Gasteiger partial charge in [-0.2, -0.15) is 8.78 Å². The molecule has 7 nitrogen and oxygen atoms in total. The van der Waals surface area contributed by atoms with Crippen LogP contribution in [0.2, 0.25) is 0 Å². The van der Waals surface area contributed by atoms with Crippen molar-refractivity contribution in [2.45, 2.75) is 23.7 Å². The number of tetrazole rings is 1. The summed E-state index contributed by atoms with van der Waals surface area (Å²) in [7, 11) is 0. The van der Waals surface area contributed by atoms with Crippen LogP contribution in [0, 0.1) is 0 Å². The number of carbonyl (C=O) groups excluding carboxylic acids is 1. The molecule has 27 heavy (non-hydrogen) atoms. The maximum atomic E-state index is 12.3. The Morgan fingerprint density at radius 2 is 2.00 bits per heavy atom. The number of hydrogen-bond donors (Lipinski definition) is 1. The number of carbonyl (C=O) groups is 1. The number of benzene rings is 2. The third kappa shape index (κ3) is 5.23. The number of anilines is 1. The highest BCUT2D eigenvalue weighted by Crippen LogP contribution is 2.26. The molecule has 0 saturated heterocycles. The molecule has 0 fully saturated rings. The second-order valence-electron chi connectivity index (χ2n) is 5.40. The number of rotatable bonds is 7. The Bertz CT molecular complexity index is 891. The van der Waals surface area contributed by atoms with E-state index < -0.39 is 11.9 Å². The number of hydrogen-bond acceptors (Lipinski definition) is 6. The molecule has 0 radical (unpaired) electrons. The second-order valence-corrected chi connectivity index (χ2v) is 6.47. The summed E-state index contributed by atoms with van der Waals surface area (Å²) in [5, 5.41) is 13.6. The third-order valence-corrected chi connectivity index (χ3v) is 4.18. The van der Waals surface area contributed by atoms with Crippen LogP contribution in [0.15, 0.2) is 59.8 Å². The lowest BCUT2D eigenvalue weighted by atomic mass is 10.2. The summed E-state index contributed by atoms with van der Waals surface area (Å²) in [4.78, 5) is 12.7. The van der Waals surface area contributed by atoms with Crippen molar-refractivity contribution < 1.29 is 18.3 Å². The molecule has 0 saturated carbocycles. The molecule has 2 aromatic carbocycles. The first-order valence-electron chi connectivity index (χ1n) is 7.87. The van der Waals surface area contributed by atoms with Crippen molar-refractivity contribution in [1.29, 1.82) is 0 Å². The van der Waals surface area contributed by atoms with E-state index in [0.717, 1.165) is 0 Å². The van der Waals surface area contributed by atoms with E-state index in [9.17, 15) is 13.6 Å². The minimum absolute atomic E-state index is 0.364. The smallest absolute Gasteiger partial charge is 0.288 e. The average molecular weight is 391 g/mol. The van der Waals surface area contributed by atoms with E-state index in [1.807, 2.05) is 0 Å². The van der Waals surface area contributed by atoms with Crippen LogP contribution in [0.4, 0.5) is 14.5 Å². The Morgan fingerprint density at radius 1 is 1.22 bits per heavy atom. The van der Waals surface area contributed by atoms with E-state index in [1.54, 1.807) is 43.3 Å². The molecule has 0 unspecified atom stereocenters. The molecule has 0 spiro atoms. The summed E-state index contributed by atoms with van der Waals surface area (Å²) < 4.78 is 31.8. The van der Waals surface area contributed by atoms with Gasteiger partial charge in [0.1, 0.15) is 12.1 Å². The summed E-state index contributed by atoms with van der Waals surface area (Å²) in [5.74, 6) is -2.37. The van der Waals surface area contributed by atoms with Crippen molar-refractivity contribution in [2.75, 3.05) is 5.32 Å². The van der Waals surface area contributed by atoms with Gasteiger partial charge < -0.3 is 10.1 Å². The Kier molecular flexibility index (Phi) is 5.97. The van der Waals surface area contributed by atoms with E-state index in [1.165, 1.54) is 23.1 Å². The van der Waals surface area contributed by atoms with Gasteiger partial charge in [-0.3, -0.25) is 4.79 Å². The molecule has 1 amide bonds. The van der Waals surface area contributed by atoms with Crippen molar-refractivity contribution >= 4 is 23.4 Å². The number of thioether (sulfide) groups is 1. The largest absolute Gasteiger partial charge is 0.481 e. The van der Waals surface area contributed by atoms with Crippen molar-refractivity contribution in [3.8, 4) is 11.4 Å². The van der Waals surface area contributed by atoms with Crippen LogP contribution in [-0.4, -0.2) is 38.0 Å². The average Bonchev–Trinajstić information content (AvgIpc) is 3.18. The Morgan fingerprint density at radius 3 is 2.67 bits per heavy atom. The fourth-order valence-electron chi connectivity index (χ4n) is 2.20. The molecule has 0 bridgehead atoms. The molecule has 1 N–H and O–H groups in total. The molecule has 3 aromatic rings. The number of amides is 1. The minimum atomic E-state index is -2.48. The van der Waals surface area contributed by atoms with Crippen LogP contribution >= 0.6 is 11.8 Å². The molecule has 1 heterocycles. The van der Waals surface area contributed by atoms with Gasteiger partial charge in [0.15, 0.2) is 6.10 Å². The molecule has 0 aliphatic heterocycles. The second kappa shape index (κ2) is 8.58. The zero-order valence-corrected chi connectivity index (χ0v) is 14.9. The van der Waals surface area contributed by atoms with Crippen LogP contribution in [0.3, 0.4) is 0 Å². The number of halogens is 2. The fourth-order valence-corrected chi connectivity index (χ4v) is 2.70. The quantitative estimate of drug-likeness (QED) is 0.622. The Labute approximate surface area is 157 Å². The highest BCUT2D eigenvalue weighted by atomic mass is 32.2. The molecule has 3 rings (SSSR count). The van der Waals surface area contributed by atoms with Gasteiger partial charge >= 0.3 is 0 Å². The highest BCUT2D eigenvalue weighted by Gasteiger charge is 2.15. The number of aromatic nitrogens is 4. The van der Waals surface area contributed by atoms with Crippen LogP contribution in [0.1, 0.15) is 6.92 Å². The van der Waals surface area contributed by atoms with Gasteiger partial charge in [0.25, 0.3) is 11.7 Å². The Hall–Kier alpha value is -3.01. The summed E-state index contributed by atoms with van der Waals surface area (Å²) in [6, 6.07) is 13.1. The zero-order chi connectivity index (χ0) is 19.2. The van der Waals surface area contributed by atoms with Crippen molar-refractivity contribution in [3.63, 3.8) is 0 Å². The third-order valence-electron chi connectivity index (χ3n) is 3.46. The van der Waals surface area contributed by atoms with Crippen LogP contribution in [-0.2, 0) is 4.79 Å². The number of nitrogens with one attached hydrogen (secondary N) is 1. The molecule has 140 valence electrons. The lowest BCUT2D eigenvalue weighted by Crippen LogP contribution is -2.30. The summed E-state index contributed by atoms with van der Waals surface area (Å²) >= 11 is 0.448. The normalized spacial score (nSPS) is 12.0. The molecule has 1 aromatic heterocycles. The van der Waals surface area contributed by atoms with Gasteiger partial charge in [-0.05, 0) is 53.7 Å². The van der Waals surface area contributed by atoms with Crippen molar-refractivity contribution in [1.82, 2.24) is 20.2 Å². The van der Waals surface area contributed by atoms with E-state index in [4.69, 9.17) is 4.74 Å². The first-order valence-corrected chi connectivity index (χ1v) is 8.75. The summed E-state index contributed by atoms with van der Waals surface area (Å²) in [5.41, 5.74) is 1.19. The van der Waals surface area contributed by atoms with Gasteiger partial charge in [-0.1, -0.05) is 17.8 Å². The monoisotopic (exact) mass is 391 g/mol. The van der Waals surface area contributed by atoms with Gasteiger partial charge in [0.2, 0.25) is 0 Å². The topological polar surface area (TPSA) is 81.9 Å². The van der Waals surface area contributed by atoms with Gasteiger partial charge in [0, 0.05) is 16.6 Å². The van der Waals surface area contributed by atoms with Crippen molar-refractivity contribution in [2.24, 2.45) is 0 Å². The van der Waals surface area contributed by atoms with E-state index in [0.29, 0.717) is 33.8 Å². The maximum Gasteiger partial charge on any atom is 0.288 e. The highest BCUT2D eigenvalue weighted by molar-refractivity contribution is 7.99. The van der Waals surface area contributed by atoms with E-state index >= 15 is 0 Å². The number of ether oxygens (including phenoxy) is 1. The predicted octanol–water partition coefficient (Wildman–Crippen LogP) is 3.38. The zero-order valence-electron chi connectivity index (χ0n) is 14.1. The molecular formula is C17H15F2N5O2S. The van der Waals surface area contributed by atoms with Gasteiger partial charge in [-0.25, -0.2) is 4.68 Å². The minimum Gasteiger partial charge on any atom is -0.481 e. The van der Waals surface area contributed by atoms with Gasteiger partial charge in [-0.15, -0.1) is 5.10 Å². The summed E-state index contributed by atoms with van der Waals surface area (Å²) in [6.07, 6.45) is 0.676.